The lowest BCUT2D eigenvalue weighted by molar-refractivity contribution is 0.414. The van der Waals surface area contributed by atoms with E-state index in [1.807, 2.05) is 49.0 Å². The van der Waals surface area contributed by atoms with Crippen LogP contribution in [0, 0.1) is 0 Å². The van der Waals surface area contributed by atoms with E-state index in [1.54, 1.807) is 6.26 Å². The van der Waals surface area contributed by atoms with Crippen molar-refractivity contribution in [2.45, 2.75) is 38.0 Å². The van der Waals surface area contributed by atoms with E-state index in [4.69, 9.17) is 4.52 Å². The van der Waals surface area contributed by atoms with Crippen LogP contribution in [0.15, 0.2) is 65.4 Å². The quantitative estimate of drug-likeness (QED) is 0.308. The second kappa shape index (κ2) is 8.65. The van der Waals surface area contributed by atoms with Crippen LogP contribution in [0.25, 0.3) is 39.1 Å². The molecule has 2 N–H and O–H groups in total. The monoisotopic (exact) mass is 467 g/mol. The van der Waals surface area contributed by atoms with E-state index in [2.05, 4.69) is 44.5 Å². The fraction of sp³-hybridized carbons (Fsp3) is 0.286. The summed E-state index contributed by atoms with van der Waals surface area (Å²) in [5.74, 6) is 0.568. The average Bonchev–Trinajstić information content (AvgIpc) is 3.63. The van der Waals surface area contributed by atoms with E-state index >= 15 is 0 Å². The lowest BCUT2D eigenvalue weighted by Gasteiger charge is -2.24. The molecule has 0 unspecified atom stereocenters. The molecule has 2 aromatic carbocycles. The zero-order valence-electron chi connectivity index (χ0n) is 20.0. The summed E-state index contributed by atoms with van der Waals surface area (Å²) in [4.78, 5) is 2.09. The number of H-pyrrole nitrogens is 1. The summed E-state index contributed by atoms with van der Waals surface area (Å²) >= 11 is 0. The molecule has 5 aromatic rings. The zero-order valence-corrected chi connectivity index (χ0v) is 20.0. The molecule has 3 heterocycles. The van der Waals surface area contributed by atoms with Crippen LogP contribution in [-0.2, 0) is 0 Å². The molecule has 1 saturated carbocycles. The van der Waals surface area contributed by atoms with Gasteiger partial charge in [-0.2, -0.15) is 5.10 Å². The molecule has 0 atom stereocenters. The summed E-state index contributed by atoms with van der Waals surface area (Å²) in [5, 5.41) is 24.3. The van der Waals surface area contributed by atoms with Crippen molar-refractivity contribution in [1.29, 1.82) is 0 Å². The lowest BCUT2D eigenvalue weighted by Crippen LogP contribution is -2.10. The first kappa shape index (κ1) is 21.5. The molecule has 7 nitrogen and oxygen atoms in total. The van der Waals surface area contributed by atoms with Gasteiger partial charge in [0, 0.05) is 54.3 Å². The molecule has 1 aliphatic carbocycles. The molecular weight excluding hydrogens is 438 g/mol. The second-order valence-electron chi connectivity index (χ2n) is 9.57. The molecule has 6 rings (SSSR count). The highest BCUT2D eigenvalue weighted by Gasteiger charge is 2.30. The summed E-state index contributed by atoms with van der Waals surface area (Å²) in [6, 6.07) is 18.4. The Hall–Kier alpha value is -4.00. The van der Waals surface area contributed by atoms with Crippen molar-refractivity contribution in [3.05, 3.63) is 66.6 Å². The molecule has 0 saturated heterocycles. The summed E-state index contributed by atoms with van der Waals surface area (Å²) in [5.41, 5.74) is 7.60. The van der Waals surface area contributed by atoms with Gasteiger partial charge >= 0.3 is 0 Å². The number of aromatic nitrogens is 4. The van der Waals surface area contributed by atoms with Crippen LogP contribution >= 0.6 is 0 Å². The molecule has 7 heteroatoms. The largest absolute Gasteiger partial charge is 0.493 e. The molecule has 1 aliphatic rings. The smallest absolute Gasteiger partial charge is 0.222 e. The molecule has 0 amide bonds. The fourth-order valence-corrected chi connectivity index (χ4v) is 5.38. The van der Waals surface area contributed by atoms with Gasteiger partial charge in [0.15, 0.2) is 0 Å². The maximum absolute atomic E-state index is 11.4. The predicted molar refractivity (Wildman–Crippen MR) is 138 cm³/mol. The van der Waals surface area contributed by atoms with Crippen molar-refractivity contribution in [1.82, 2.24) is 19.9 Å². The van der Waals surface area contributed by atoms with Gasteiger partial charge in [0.25, 0.3) is 0 Å². The van der Waals surface area contributed by atoms with E-state index in [9.17, 15) is 5.11 Å². The molecule has 3 aromatic heterocycles. The minimum absolute atomic E-state index is 0.207. The number of aromatic amines is 1. The van der Waals surface area contributed by atoms with Gasteiger partial charge in [0.1, 0.15) is 23.2 Å². The first-order chi connectivity index (χ1) is 17.1. The second-order valence-corrected chi connectivity index (χ2v) is 9.57. The molecule has 0 aliphatic heterocycles. The molecular formula is C28H29N5O2. The Bertz CT molecular complexity index is 1440. The summed E-state index contributed by atoms with van der Waals surface area (Å²) in [6.45, 7) is 0. The maximum atomic E-state index is 11.4. The van der Waals surface area contributed by atoms with Gasteiger partial charge in [-0.1, -0.05) is 48.7 Å². The third-order valence-electron chi connectivity index (χ3n) is 7.21. The normalized spacial score (nSPS) is 14.6. The van der Waals surface area contributed by atoms with Crippen LogP contribution in [0.2, 0.25) is 0 Å². The Labute approximate surface area is 204 Å². The number of hydrogen-bond donors (Lipinski definition) is 2. The highest BCUT2D eigenvalue weighted by Crippen LogP contribution is 2.46. The van der Waals surface area contributed by atoms with Crippen LogP contribution in [0.5, 0.6) is 5.88 Å². The van der Waals surface area contributed by atoms with Gasteiger partial charge in [0.05, 0.1) is 5.39 Å². The lowest BCUT2D eigenvalue weighted by atomic mass is 9.85. The number of nitrogens with zero attached hydrogens (tertiary/aromatic N) is 4. The molecule has 1 fully saturated rings. The van der Waals surface area contributed by atoms with Crippen LogP contribution in [0.1, 0.15) is 43.7 Å². The topological polar surface area (TPSA) is 83.1 Å². The molecule has 178 valence electrons. The summed E-state index contributed by atoms with van der Waals surface area (Å²) in [7, 11) is 4.07. The van der Waals surface area contributed by atoms with Crippen LogP contribution < -0.4 is 4.90 Å². The summed E-state index contributed by atoms with van der Waals surface area (Å²) in [6.07, 6.45) is 7.47. The van der Waals surface area contributed by atoms with Gasteiger partial charge < -0.3 is 14.5 Å². The SMILES string of the molecule is CN(C)c1ccc(-c2n[nH]c3c(O)n(-c4ccc(-c5ccon5)cc4)c(C4CCCCC4)c23)cc1. The van der Waals surface area contributed by atoms with Gasteiger partial charge in [-0.3, -0.25) is 9.67 Å². The highest BCUT2D eigenvalue weighted by atomic mass is 16.5. The van der Waals surface area contributed by atoms with Crippen molar-refractivity contribution in [2.75, 3.05) is 19.0 Å². The number of nitrogens with one attached hydrogen (secondary N) is 1. The minimum Gasteiger partial charge on any atom is -0.493 e. The Morgan fingerprint density at radius 3 is 2.31 bits per heavy atom. The minimum atomic E-state index is 0.207. The van der Waals surface area contributed by atoms with Crippen molar-refractivity contribution in [2.24, 2.45) is 0 Å². The standard InChI is InChI=1S/C28H29N5O2/c1-32(2)21-12-10-19(11-13-21)25-24-26(30-29-25)28(34)33(27(24)20-6-4-3-5-7-20)22-14-8-18(9-15-22)23-16-17-35-31-23/h8-17,20,30,34H,3-7H2,1-2H3. The Morgan fingerprint density at radius 2 is 1.66 bits per heavy atom. The van der Waals surface area contributed by atoms with Crippen molar-refractivity contribution in [3.8, 4) is 34.1 Å². The van der Waals surface area contributed by atoms with Crippen molar-refractivity contribution < 1.29 is 9.63 Å². The van der Waals surface area contributed by atoms with Crippen LogP contribution in [-0.4, -0.2) is 39.1 Å². The molecule has 0 bridgehead atoms. The Kier molecular flexibility index (Phi) is 5.32. The van der Waals surface area contributed by atoms with Gasteiger partial charge in [-0.05, 0) is 37.1 Å². The number of rotatable bonds is 5. The number of benzene rings is 2. The molecule has 0 spiro atoms. The third-order valence-corrected chi connectivity index (χ3v) is 7.21. The van der Waals surface area contributed by atoms with Gasteiger partial charge in [-0.25, -0.2) is 0 Å². The zero-order chi connectivity index (χ0) is 23.9. The van der Waals surface area contributed by atoms with Gasteiger partial charge in [0.2, 0.25) is 5.88 Å². The third kappa shape index (κ3) is 3.67. The van der Waals surface area contributed by atoms with Crippen molar-refractivity contribution >= 4 is 16.6 Å². The van der Waals surface area contributed by atoms with E-state index in [1.165, 1.54) is 19.3 Å². The summed E-state index contributed by atoms with van der Waals surface area (Å²) < 4.78 is 7.01. The number of aromatic hydroxyl groups is 1. The highest BCUT2D eigenvalue weighted by molar-refractivity contribution is 5.99. The number of fused-ring (bicyclic) bond motifs is 1. The van der Waals surface area contributed by atoms with Crippen LogP contribution in [0.4, 0.5) is 5.69 Å². The van der Waals surface area contributed by atoms with E-state index in [0.29, 0.717) is 11.4 Å². The average molecular weight is 468 g/mol. The molecule has 0 radical (unpaired) electrons. The van der Waals surface area contributed by atoms with E-state index in [-0.39, 0.29) is 5.88 Å². The first-order valence-corrected chi connectivity index (χ1v) is 12.2. The van der Waals surface area contributed by atoms with E-state index in [0.717, 1.165) is 57.8 Å². The fourth-order valence-electron chi connectivity index (χ4n) is 5.38. The number of anilines is 1. The first-order valence-electron chi connectivity index (χ1n) is 12.2. The van der Waals surface area contributed by atoms with E-state index < -0.39 is 0 Å². The Balaban J connectivity index is 1.52. The van der Waals surface area contributed by atoms with Gasteiger partial charge in [-0.15, -0.1) is 0 Å². The van der Waals surface area contributed by atoms with Crippen LogP contribution in [0.3, 0.4) is 0 Å². The maximum Gasteiger partial charge on any atom is 0.222 e. The number of hydrogen-bond acceptors (Lipinski definition) is 5. The molecule has 35 heavy (non-hydrogen) atoms. The predicted octanol–water partition coefficient (Wildman–Crippen LogP) is 6.49. The van der Waals surface area contributed by atoms with Crippen molar-refractivity contribution in [3.63, 3.8) is 0 Å². The Morgan fingerprint density at radius 1 is 0.943 bits per heavy atom.